The molecule has 0 fully saturated rings. The van der Waals surface area contributed by atoms with E-state index in [1.165, 1.54) is 12.1 Å². The molecule has 9 heteroatoms. The van der Waals surface area contributed by atoms with Gasteiger partial charge in [0, 0.05) is 0 Å². The van der Waals surface area contributed by atoms with E-state index in [1.54, 1.807) is 0 Å². The van der Waals surface area contributed by atoms with Gasteiger partial charge in [-0.15, -0.1) is 0 Å². The van der Waals surface area contributed by atoms with Crippen LogP contribution in [0.15, 0.2) is 23.8 Å². The van der Waals surface area contributed by atoms with Crippen molar-refractivity contribution in [3.8, 4) is 17.9 Å². The van der Waals surface area contributed by atoms with E-state index in [0.29, 0.717) is 12.1 Å². The lowest BCUT2D eigenvalue weighted by Crippen LogP contribution is -2.21. The number of halogens is 6. The van der Waals surface area contributed by atoms with Crippen LogP contribution in [0.5, 0.6) is 5.75 Å². The van der Waals surface area contributed by atoms with Crippen molar-refractivity contribution in [3.05, 3.63) is 34.9 Å². The third-order valence-electron chi connectivity index (χ3n) is 2.25. The van der Waals surface area contributed by atoms with Crippen molar-refractivity contribution in [2.45, 2.75) is 12.4 Å². The van der Waals surface area contributed by atoms with Gasteiger partial charge in [0.05, 0.1) is 5.56 Å². The highest BCUT2D eigenvalue weighted by molar-refractivity contribution is 5.63. The highest BCUT2D eigenvalue weighted by atomic mass is 19.4. The van der Waals surface area contributed by atoms with E-state index in [4.69, 9.17) is 10.5 Å². The summed E-state index contributed by atoms with van der Waals surface area (Å²) in [6.07, 6.45) is -8.78. The maximum Gasteiger partial charge on any atom is 0.422 e. The Kier molecular flexibility index (Phi) is 5.05. The molecular formula is C13H6F6N2O. The Bertz CT molecular complexity index is 645. The average molecular weight is 320 g/mol. The van der Waals surface area contributed by atoms with Gasteiger partial charge >= 0.3 is 12.4 Å². The number of nitriles is 2. The van der Waals surface area contributed by atoms with E-state index in [9.17, 15) is 26.3 Å². The second-order valence-electron chi connectivity index (χ2n) is 3.94. The van der Waals surface area contributed by atoms with Crippen LogP contribution in [0.2, 0.25) is 0 Å². The van der Waals surface area contributed by atoms with Crippen molar-refractivity contribution in [2.24, 2.45) is 0 Å². The maximum atomic E-state index is 12.7. The summed E-state index contributed by atoms with van der Waals surface area (Å²) in [6, 6.07) is 5.07. The first-order valence-electron chi connectivity index (χ1n) is 5.49. The van der Waals surface area contributed by atoms with Crippen LogP contribution in [0.3, 0.4) is 0 Å². The molecule has 116 valence electrons. The summed E-state index contributed by atoms with van der Waals surface area (Å²) in [6.45, 7) is -1.90. The Hall–Kier alpha value is -2.68. The van der Waals surface area contributed by atoms with Crippen LogP contribution < -0.4 is 4.74 Å². The van der Waals surface area contributed by atoms with Crippen molar-refractivity contribution >= 4 is 6.08 Å². The van der Waals surface area contributed by atoms with Crippen LogP contribution in [0.4, 0.5) is 26.3 Å². The lowest BCUT2D eigenvalue weighted by Gasteiger charge is -2.15. The van der Waals surface area contributed by atoms with Gasteiger partial charge in [-0.1, -0.05) is 6.07 Å². The van der Waals surface area contributed by atoms with Gasteiger partial charge in [0.1, 0.15) is 23.5 Å². The van der Waals surface area contributed by atoms with Gasteiger partial charge in [-0.3, -0.25) is 0 Å². The van der Waals surface area contributed by atoms with Crippen LogP contribution in [-0.4, -0.2) is 12.8 Å². The number of benzene rings is 1. The molecule has 22 heavy (non-hydrogen) atoms. The second kappa shape index (κ2) is 6.39. The summed E-state index contributed by atoms with van der Waals surface area (Å²) in [5.41, 5.74) is -1.87. The molecule has 0 N–H and O–H groups in total. The zero-order chi connectivity index (χ0) is 17.0. The highest BCUT2D eigenvalue weighted by Crippen LogP contribution is 2.37. The lowest BCUT2D eigenvalue weighted by molar-refractivity contribution is -0.158. The quantitative estimate of drug-likeness (QED) is 0.623. The Morgan fingerprint density at radius 1 is 1.09 bits per heavy atom. The molecule has 1 aromatic carbocycles. The van der Waals surface area contributed by atoms with Crippen molar-refractivity contribution in [1.82, 2.24) is 0 Å². The molecule has 0 unspecified atom stereocenters. The zero-order valence-electron chi connectivity index (χ0n) is 10.6. The summed E-state index contributed by atoms with van der Waals surface area (Å²) in [4.78, 5) is 0. The Labute approximate surface area is 120 Å². The molecule has 0 spiro atoms. The average Bonchev–Trinajstić information content (AvgIpc) is 2.40. The molecule has 0 radical (unpaired) electrons. The summed E-state index contributed by atoms with van der Waals surface area (Å²) in [7, 11) is 0. The van der Waals surface area contributed by atoms with Crippen molar-refractivity contribution in [1.29, 1.82) is 10.5 Å². The second-order valence-corrected chi connectivity index (χ2v) is 3.94. The van der Waals surface area contributed by atoms with E-state index in [2.05, 4.69) is 4.74 Å². The van der Waals surface area contributed by atoms with Crippen LogP contribution in [0, 0.1) is 22.7 Å². The number of ether oxygens (including phenoxy) is 1. The van der Waals surface area contributed by atoms with Gasteiger partial charge in [-0.25, -0.2) is 0 Å². The molecule has 0 bridgehead atoms. The fraction of sp³-hybridized carbons (Fsp3) is 0.231. The summed E-state index contributed by atoms with van der Waals surface area (Å²) in [5.74, 6) is -1.03. The molecule has 0 aliphatic carbocycles. The van der Waals surface area contributed by atoms with Crippen molar-refractivity contribution in [2.75, 3.05) is 6.61 Å². The Morgan fingerprint density at radius 3 is 2.14 bits per heavy atom. The topological polar surface area (TPSA) is 56.8 Å². The molecule has 0 atom stereocenters. The normalized spacial score (nSPS) is 11.3. The molecule has 3 nitrogen and oxygen atoms in total. The molecular weight excluding hydrogens is 314 g/mol. The number of allylic oxidation sites excluding steroid dienone is 1. The van der Waals surface area contributed by atoms with Crippen LogP contribution in [0.1, 0.15) is 11.1 Å². The van der Waals surface area contributed by atoms with Gasteiger partial charge < -0.3 is 4.74 Å². The standard InChI is InChI=1S/C13H6F6N2O/c14-12(15,16)7-22-11-4-8(3-9(5-20)6-21)1-2-10(11)13(17,18)19/h1-4H,7H2. The van der Waals surface area contributed by atoms with Gasteiger partial charge in [0.15, 0.2) is 6.61 Å². The number of hydrogen-bond acceptors (Lipinski definition) is 3. The van der Waals surface area contributed by atoms with Gasteiger partial charge in [-0.2, -0.15) is 36.9 Å². The van der Waals surface area contributed by atoms with E-state index in [1.807, 2.05) is 0 Å². The molecule has 0 aliphatic rings. The van der Waals surface area contributed by atoms with Crippen molar-refractivity contribution < 1.29 is 31.1 Å². The number of alkyl halides is 6. The molecule has 1 rings (SSSR count). The number of nitrogens with zero attached hydrogens (tertiary/aromatic N) is 2. The first-order valence-corrected chi connectivity index (χ1v) is 5.49. The van der Waals surface area contributed by atoms with Crippen LogP contribution in [-0.2, 0) is 6.18 Å². The maximum absolute atomic E-state index is 12.7. The Balaban J connectivity index is 3.27. The Morgan fingerprint density at radius 2 is 1.68 bits per heavy atom. The minimum absolute atomic E-state index is 0.0664. The summed E-state index contributed by atoms with van der Waals surface area (Å²) >= 11 is 0. The minimum atomic E-state index is -4.91. The number of hydrogen-bond donors (Lipinski definition) is 0. The fourth-order valence-corrected chi connectivity index (χ4v) is 1.40. The first-order chi connectivity index (χ1) is 10.1. The fourth-order valence-electron chi connectivity index (χ4n) is 1.40. The molecule has 0 saturated heterocycles. The molecule has 0 saturated carbocycles. The molecule has 0 aromatic heterocycles. The third kappa shape index (κ3) is 5.02. The minimum Gasteiger partial charge on any atom is -0.483 e. The predicted molar refractivity (Wildman–Crippen MR) is 62.2 cm³/mol. The highest BCUT2D eigenvalue weighted by Gasteiger charge is 2.36. The molecule has 1 aromatic rings. The summed E-state index contributed by atoms with van der Waals surface area (Å²) < 4.78 is 78.6. The van der Waals surface area contributed by atoms with E-state index in [-0.39, 0.29) is 5.56 Å². The molecule has 0 heterocycles. The monoisotopic (exact) mass is 320 g/mol. The van der Waals surface area contributed by atoms with Gasteiger partial charge in [0.2, 0.25) is 0 Å². The van der Waals surface area contributed by atoms with E-state index >= 15 is 0 Å². The molecule has 0 aliphatic heterocycles. The van der Waals surface area contributed by atoms with E-state index in [0.717, 1.165) is 12.1 Å². The SMILES string of the molecule is N#CC(C#N)=Cc1ccc(C(F)(F)F)c(OCC(F)(F)F)c1. The van der Waals surface area contributed by atoms with Crippen LogP contribution >= 0.6 is 0 Å². The first kappa shape index (κ1) is 17.4. The van der Waals surface area contributed by atoms with Crippen LogP contribution in [0.25, 0.3) is 6.08 Å². The predicted octanol–water partition coefficient (Wildman–Crippen LogP) is 4.08. The molecule has 0 amide bonds. The van der Waals surface area contributed by atoms with Gasteiger partial charge in [-0.05, 0) is 23.8 Å². The van der Waals surface area contributed by atoms with Gasteiger partial charge in [0.25, 0.3) is 0 Å². The smallest absolute Gasteiger partial charge is 0.422 e. The largest absolute Gasteiger partial charge is 0.483 e. The summed E-state index contributed by atoms with van der Waals surface area (Å²) in [5, 5.41) is 17.1. The van der Waals surface area contributed by atoms with E-state index < -0.39 is 35.8 Å². The van der Waals surface area contributed by atoms with Crippen molar-refractivity contribution in [3.63, 3.8) is 0 Å². The third-order valence-corrected chi connectivity index (χ3v) is 2.25. The lowest BCUT2D eigenvalue weighted by atomic mass is 10.1. The zero-order valence-corrected chi connectivity index (χ0v) is 10.6. The number of rotatable bonds is 3.